The Balaban J connectivity index is 1.91. The van der Waals surface area contributed by atoms with E-state index in [0.29, 0.717) is 0 Å². The zero-order valence-electron chi connectivity index (χ0n) is 11.8. The highest BCUT2D eigenvalue weighted by molar-refractivity contribution is 5.77. The summed E-state index contributed by atoms with van der Waals surface area (Å²) in [7, 11) is 1.95. The molecule has 20 heavy (non-hydrogen) atoms. The van der Waals surface area contributed by atoms with E-state index < -0.39 is 0 Å². The number of aromatic nitrogens is 1. The molecule has 0 saturated heterocycles. The molecule has 1 unspecified atom stereocenters. The van der Waals surface area contributed by atoms with Crippen LogP contribution < -0.4 is 5.32 Å². The maximum atomic E-state index is 5.94. The highest BCUT2D eigenvalue weighted by Crippen LogP contribution is 2.26. The molecular weight excluding hydrogens is 248 g/mol. The Morgan fingerprint density at radius 1 is 1.20 bits per heavy atom. The van der Waals surface area contributed by atoms with E-state index >= 15 is 0 Å². The Labute approximate surface area is 118 Å². The van der Waals surface area contributed by atoms with Gasteiger partial charge in [-0.2, -0.15) is 0 Å². The third-order valence-electron chi connectivity index (χ3n) is 3.65. The average Bonchev–Trinajstić information content (AvgIpc) is 2.90. The molecule has 2 heterocycles. The summed E-state index contributed by atoms with van der Waals surface area (Å²) in [4.78, 5) is 4.46. The van der Waals surface area contributed by atoms with Crippen LogP contribution in [0.25, 0.3) is 11.0 Å². The van der Waals surface area contributed by atoms with Crippen LogP contribution in [0.3, 0.4) is 0 Å². The summed E-state index contributed by atoms with van der Waals surface area (Å²) >= 11 is 0. The minimum atomic E-state index is 0.135. The summed E-state index contributed by atoms with van der Waals surface area (Å²) in [5.41, 5.74) is 3.25. The topological polar surface area (TPSA) is 38.1 Å². The van der Waals surface area contributed by atoms with Crippen molar-refractivity contribution in [2.45, 2.75) is 19.4 Å². The van der Waals surface area contributed by atoms with Gasteiger partial charge < -0.3 is 9.73 Å². The first-order chi connectivity index (χ1) is 9.78. The number of benzene rings is 1. The summed E-state index contributed by atoms with van der Waals surface area (Å²) in [6.07, 6.45) is 2.66. The molecule has 3 heteroatoms. The number of likely N-dealkylation sites (N-methyl/N-ethyl adjacent to an activating group) is 1. The van der Waals surface area contributed by atoms with Crippen LogP contribution >= 0.6 is 0 Å². The van der Waals surface area contributed by atoms with Gasteiger partial charge in [0, 0.05) is 23.7 Å². The smallest absolute Gasteiger partial charge is 0.134 e. The molecule has 102 valence electrons. The fraction of sp³-hybridized carbons (Fsp3) is 0.235. The summed E-state index contributed by atoms with van der Waals surface area (Å²) in [5.74, 6) is 0.957. The summed E-state index contributed by atoms with van der Waals surface area (Å²) < 4.78 is 5.94. The Bertz CT molecular complexity index is 685. The van der Waals surface area contributed by atoms with Crippen LogP contribution in [-0.2, 0) is 6.42 Å². The lowest BCUT2D eigenvalue weighted by Gasteiger charge is -2.14. The number of rotatable bonds is 4. The lowest BCUT2D eigenvalue weighted by atomic mass is 10.0. The first kappa shape index (κ1) is 12.9. The lowest BCUT2D eigenvalue weighted by Crippen LogP contribution is -2.19. The van der Waals surface area contributed by atoms with E-state index in [-0.39, 0.29) is 6.04 Å². The molecule has 0 bridgehead atoms. The lowest BCUT2D eigenvalue weighted by molar-refractivity contribution is 0.448. The van der Waals surface area contributed by atoms with E-state index in [1.54, 1.807) is 0 Å². The second-order valence-corrected chi connectivity index (χ2v) is 5.00. The molecule has 0 saturated carbocycles. The maximum Gasteiger partial charge on any atom is 0.134 e. The Morgan fingerprint density at radius 3 is 2.80 bits per heavy atom. The largest absolute Gasteiger partial charge is 0.459 e. The Hall–Kier alpha value is -2.13. The average molecular weight is 266 g/mol. The number of furan rings is 1. The molecule has 1 aromatic carbocycles. The SMILES string of the molecule is CNC(Cc1ncccc1C)c1cc2ccccc2o1. The molecule has 0 spiro atoms. The van der Waals surface area contributed by atoms with Crippen molar-refractivity contribution in [3.8, 4) is 0 Å². The predicted octanol–water partition coefficient (Wildman–Crippen LogP) is 3.64. The molecule has 0 amide bonds. The van der Waals surface area contributed by atoms with Gasteiger partial charge in [-0.3, -0.25) is 4.98 Å². The fourth-order valence-electron chi connectivity index (χ4n) is 2.44. The molecule has 3 aromatic rings. The molecule has 2 aromatic heterocycles. The number of pyridine rings is 1. The van der Waals surface area contributed by atoms with Crippen molar-refractivity contribution >= 4 is 11.0 Å². The fourth-order valence-corrected chi connectivity index (χ4v) is 2.44. The standard InChI is InChI=1S/C17H18N2O/c1-12-6-5-9-19-14(12)11-15(18-2)17-10-13-7-3-4-8-16(13)20-17/h3-10,15,18H,11H2,1-2H3. The summed E-state index contributed by atoms with van der Waals surface area (Å²) in [6.45, 7) is 2.09. The van der Waals surface area contributed by atoms with Crippen molar-refractivity contribution < 1.29 is 4.42 Å². The number of hydrogen-bond acceptors (Lipinski definition) is 3. The highest BCUT2D eigenvalue weighted by atomic mass is 16.3. The molecule has 0 aliphatic carbocycles. The number of aryl methyl sites for hydroxylation is 1. The van der Waals surface area contributed by atoms with Gasteiger partial charge in [-0.1, -0.05) is 24.3 Å². The molecule has 0 aliphatic heterocycles. The first-order valence-corrected chi connectivity index (χ1v) is 6.84. The van der Waals surface area contributed by atoms with Gasteiger partial charge in [0.2, 0.25) is 0 Å². The molecule has 3 rings (SSSR count). The van der Waals surface area contributed by atoms with E-state index in [1.165, 1.54) is 5.56 Å². The molecule has 1 atom stereocenters. The van der Waals surface area contributed by atoms with Crippen LogP contribution in [0.1, 0.15) is 23.1 Å². The second-order valence-electron chi connectivity index (χ2n) is 5.00. The molecule has 3 nitrogen and oxygen atoms in total. The van der Waals surface area contributed by atoms with E-state index in [0.717, 1.165) is 28.8 Å². The molecule has 0 aliphatic rings. The monoisotopic (exact) mass is 266 g/mol. The maximum absolute atomic E-state index is 5.94. The molecular formula is C17H18N2O. The normalized spacial score (nSPS) is 12.7. The van der Waals surface area contributed by atoms with Gasteiger partial charge >= 0.3 is 0 Å². The molecule has 1 N–H and O–H groups in total. The van der Waals surface area contributed by atoms with Crippen molar-refractivity contribution in [3.05, 3.63) is 65.7 Å². The third-order valence-corrected chi connectivity index (χ3v) is 3.65. The quantitative estimate of drug-likeness (QED) is 0.783. The van der Waals surface area contributed by atoms with Crippen molar-refractivity contribution in [1.82, 2.24) is 10.3 Å². The Morgan fingerprint density at radius 2 is 2.05 bits per heavy atom. The van der Waals surface area contributed by atoms with Crippen molar-refractivity contribution in [3.63, 3.8) is 0 Å². The van der Waals surface area contributed by atoms with Crippen molar-refractivity contribution in [2.75, 3.05) is 7.05 Å². The number of nitrogens with one attached hydrogen (secondary N) is 1. The van der Waals surface area contributed by atoms with Crippen LogP contribution in [0.15, 0.2) is 53.1 Å². The van der Waals surface area contributed by atoms with E-state index in [2.05, 4.69) is 35.4 Å². The first-order valence-electron chi connectivity index (χ1n) is 6.84. The molecule has 0 radical (unpaired) electrons. The summed E-state index contributed by atoms with van der Waals surface area (Å²) in [5, 5.41) is 4.46. The highest BCUT2D eigenvalue weighted by Gasteiger charge is 2.16. The van der Waals surface area contributed by atoms with Gasteiger partial charge in [-0.15, -0.1) is 0 Å². The van der Waals surface area contributed by atoms with Crippen LogP contribution in [0, 0.1) is 6.92 Å². The van der Waals surface area contributed by atoms with Gasteiger partial charge in [0.1, 0.15) is 11.3 Å². The van der Waals surface area contributed by atoms with Gasteiger partial charge in [0.15, 0.2) is 0 Å². The number of fused-ring (bicyclic) bond motifs is 1. The van der Waals surface area contributed by atoms with Gasteiger partial charge in [-0.25, -0.2) is 0 Å². The minimum absolute atomic E-state index is 0.135. The van der Waals surface area contributed by atoms with E-state index in [1.807, 2.05) is 37.5 Å². The van der Waals surface area contributed by atoms with Crippen LogP contribution in [-0.4, -0.2) is 12.0 Å². The van der Waals surface area contributed by atoms with Gasteiger partial charge in [0.05, 0.1) is 6.04 Å². The van der Waals surface area contributed by atoms with E-state index in [9.17, 15) is 0 Å². The third kappa shape index (κ3) is 2.45. The summed E-state index contributed by atoms with van der Waals surface area (Å²) in [6, 6.07) is 14.4. The zero-order valence-corrected chi connectivity index (χ0v) is 11.8. The predicted molar refractivity (Wildman–Crippen MR) is 80.7 cm³/mol. The Kier molecular flexibility index (Phi) is 3.52. The van der Waals surface area contributed by atoms with Crippen LogP contribution in [0.5, 0.6) is 0 Å². The number of nitrogens with zero attached hydrogens (tertiary/aromatic N) is 1. The number of para-hydroxylation sites is 1. The minimum Gasteiger partial charge on any atom is -0.459 e. The second kappa shape index (κ2) is 5.47. The van der Waals surface area contributed by atoms with Gasteiger partial charge in [-0.05, 0) is 37.7 Å². The zero-order chi connectivity index (χ0) is 13.9. The van der Waals surface area contributed by atoms with Gasteiger partial charge in [0.25, 0.3) is 0 Å². The van der Waals surface area contributed by atoms with Crippen molar-refractivity contribution in [2.24, 2.45) is 0 Å². The number of hydrogen-bond donors (Lipinski definition) is 1. The van der Waals surface area contributed by atoms with Crippen molar-refractivity contribution in [1.29, 1.82) is 0 Å². The molecule has 0 fully saturated rings. The van der Waals surface area contributed by atoms with Crippen LogP contribution in [0.2, 0.25) is 0 Å². The van der Waals surface area contributed by atoms with Crippen LogP contribution in [0.4, 0.5) is 0 Å². The van der Waals surface area contributed by atoms with E-state index in [4.69, 9.17) is 4.42 Å².